The van der Waals surface area contributed by atoms with E-state index in [0.29, 0.717) is 17.3 Å². The van der Waals surface area contributed by atoms with Crippen LogP contribution in [0.15, 0.2) is 36.7 Å². The molecule has 3 atom stereocenters. The van der Waals surface area contributed by atoms with Crippen LogP contribution in [0.1, 0.15) is 45.1 Å². The number of aromatic hydroxyl groups is 1. The van der Waals surface area contributed by atoms with Gasteiger partial charge in [-0.2, -0.15) is 5.10 Å². The molecule has 2 aliphatic heterocycles. The van der Waals surface area contributed by atoms with Crippen LogP contribution >= 0.6 is 0 Å². The Balaban J connectivity index is 1.39. The number of piperidine rings is 1. The summed E-state index contributed by atoms with van der Waals surface area (Å²) in [7, 11) is 2.12. The van der Waals surface area contributed by atoms with Crippen molar-refractivity contribution in [2.75, 3.05) is 11.9 Å². The molecule has 31 heavy (non-hydrogen) atoms. The quantitative estimate of drug-likeness (QED) is 0.592. The summed E-state index contributed by atoms with van der Waals surface area (Å²) >= 11 is 0. The van der Waals surface area contributed by atoms with Gasteiger partial charge in [0.1, 0.15) is 5.75 Å². The second kappa shape index (κ2) is 7.05. The number of fused-ring (bicyclic) bond motifs is 2. The fourth-order valence-electron chi connectivity index (χ4n) is 5.55. The monoisotopic (exact) mass is 418 g/mol. The first-order valence-corrected chi connectivity index (χ1v) is 10.9. The van der Waals surface area contributed by atoms with E-state index in [0.717, 1.165) is 35.3 Å². The molecule has 0 amide bonds. The Hall–Kier alpha value is -2.93. The second-order valence-electron chi connectivity index (χ2n) is 9.87. The van der Waals surface area contributed by atoms with E-state index in [-0.39, 0.29) is 16.8 Å². The van der Waals surface area contributed by atoms with Crippen molar-refractivity contribution in [1.29, 1.82) is 0 Å². The summed E-state index contributed by atoms with van der Waals surface area (Å²) in [4.78, 5) is 2.27. The molecule has 1 aromatic carbocycles. The number of aromatic amines is 1. The van der Waals surface area contributed by atoms with Crippen molar-refractivity contribution in [1.82, 2.24) is 25.7 Å². The van der Waals surface area contributed by atoms with Gasteiger partial charge in [-0.15, -0.1) is 10.2 Å². The number of phenols is 1. The molecule has 5 rings (SSSR count). The predicted octanol–water partition coefficient (Wildman–Crippen LogP) is 4.05. The van der Waals surface area contributed by atoms with Crippen molar-refractivity contribution < 1.29 is 5.11 Å². The molecule has 3 N–H and O–H groups in total. The Morgan fingerprint density at radius 1 is 1.06 bits per heavy atom. The minimum atomic E-state index is 0.188. The Labute approximate surface area is 182 Å². The number of hydrogen-bond donors (Lipinski definition) is 3. The summed E-state index contributed by atoms with van der Waals surface area (Å²) in [5.74, 6) is 1.06. The van der Waals surface area contributed by atoms with Crippen LogP contribution in [0.5, 0.6) is 5.75 Å². The number of nitrogens with one attached hydrogen (secondary N) is 2. The smallest absolute Gasteiger partial charge is 0.151 e. The zero-order chi connectivity index (χ0) is 21.8. The molecule has 7 nitrogen and oxygen atoms in total. The molecule has 7 heteroatoms. The van der Waals surface area contributed by atoms with Crippen LogP contribution in [0.4, 0.5) is 5.82 Å². The number of phenolic OH excluding ortho intramolecular Hbond substituents is 1. The topological polar surface area (TPSA) is 90.0 Å². The van der Waals surface area contributed by atoms with Crippen molar-refractivity contribution >= 4 is 5.82 Å². The van der Waals surface area contributed by atoms with Crippen LogP contribution in [0.3, 0.4) is 0 Å². The summed E-state index contributed by atoms with van der Waals surface area (Å²) in [6.07, 6.45) is 8.24. The Kier molecular flexibility index (Phi) is 4.55. The summed E-state index contributed by atoms with van der Waals surface area (Å²) < 4.78 is 0. The van der Waals surface area contributed by atoms with E-state index in [1.807, 2.05) is 31.3 Å². The third-order valence-electron chi connectivity index (χ3n) is 7.19. The lowest BCUT2D eigenvalue weighted by Gasteiger charge is -2.45. The van der Waals surface area contributed by atoms with Gasteiger partial charge in [0.25, 0.3) is 0 Å². The average Bonchev–Trinajstić information content (AvgIpc) is 3.34. The molecule has 2 saturated heterocycles. The van der Waals surface area contributed by atoms with Gasteiger partial charge in [0, 0.05) is 41.5 Å². The molecule has 2 bridgehead atoms. The third-order valence-corrected chi connectivity index (χ3v) is 7.19. The van der Waals surface area contributed by atoms with Crippen molar-refractivity contribution in [3.8, 4) is 28.1 Å². The second-order valence-corrected chi connectivity index (χ2v) is 9.87. The van der Waals surface area contributed by atoms with Gasteiger partial charge in [0.15, 0.2) is 5.82 Å². The maximum absolute atomic E-state index is 10.7. The van der Waals surface area contributed by atoms with Crippen LogP contribution < -0.4 is 10.2 Å². The maximum atomic E-state index is 10.7. The zero-order valence-corrected chi connectivity index (χ0v) is 18.6. The van der Waals surface area contributed by atoms with Crippen LogP contribution in [-0.4, -0.2) is 49.7 Å². The highest BCUT2D eigenvalue weighted by molar-refractivity contribution is 5.76. The van der Waals surface area contributed by atoms with Gasteiger partial charge < -0.3 is 15.3 Å². The fourth-order valence-corrected chi connectivity index (χ4v) is 5.55. The van der Waals surface area contributed by atoms with E-state index in [2.05, 4.69) is 51.5 Å². The highest BCUT2D eigenvalue weighted by Gasteiger charge is 2.49. The van der Waals surface area contributed by atoms with Crippen LogP contribution in [0.25, 0.3) is 22.4 Å². The standard InChI is InChI=1S/C24H30N6O/c1-15-9-19(21(31)10-18(15)16-13-25-26-14-16)20-5-6-22(28-27-20)30(4)17-11-23(2)7-8-24(3,12-17)29-23/h5-6,9-10,13-14,17,29,31H,7-8,11-12H2,1-4H3,(H,25,26)/t17?,23-,24+. The molecule has 3 aromatic rings. The Bertz CT molecular complexity index is 1080. The molecular formula is C24H30N6O. The molecule has 1 unspecified atom stereocenters. The largest absolute Gasteiger partial charge is 0.507 e. The van der Waals surface area contributed by atoms with Gasteiger partial charge in [-0.3, -0.25) is 5.10 Å². The lowest BCUT2D eigenvalue weighted by atomic mass is 9.84. The predicted molar refractivity (Wildman–Crippen MR) is 122 cm³/mol. The van der Waals surface area contributed by atoms with Crippen LogP contribution in [0, 0.1) is 6.92 Å². The number of hydrogen-bond acceptors (Lipinski definition) is 6. The Morgan fingerprint density at radius 2 is 1.81 bits per heavy atom. The molecule has 2 fully saturated rings. The van der Waals surface area contributed by atoms with Crippen molar-refractivity contribution in [3.63, 3.8) is 0 Å². The van der Waals surface area contributed by atoms with E-state index >= 15 is 0 Å². The van der Waals surface area contributed by atoms with Gasteiger partial charge in [0.05, 0.1) is 11.9 Å². The normalized spacial score (nSPS) is 27.4. The van der Waals surface area contributed by atoms with Gasteiger partial charge in [0.2, 0.25) is 0 Å². The minimum Gasteiger partial charge on any atom is -0.507 e. The summed E-state index contributed by atoms with van der Waals surface area (Å²) in [6.45, 7) is 6.70. The minimum absolute atomic E-state index is 0.188. The highest BCUT2D eigenvalue weighted by atomic mass is 16.3. The van der Waals surface area contributed by atoms with Crippen LogP contribution in [0.2, 0.25) is 0 Å². The SMILES string of the molecule is Cc1cc(-c2ccc(N(C)C3C[C@]4(C)CC[C@](C)(C3)N4)nn2)c(O)cc1-c1cn[nH]c1. The molecule has 0 radical (unpaired) electrons. The van der Waals surface area contributed by atoms with E-state index < -0.39 is 0 Å². The molecule has 0 aliphatic carbocycles. The highest BCUT2D eigenvalue weighted by Crippen LogP contribution is 2.44. The number of anilines is 1. The summed E-state index contributed by atoms with van der Waals surface area (Å²) in [5, 5.41) is 30.3. The number of aryl methyl sites for hydroxylation is 1. The molecule has 0 spiro atoms. The number of benzene rings is 1. The van der Waals surface area contributed by atoms with E-state index in [1.54, 1.807) is 12.3 Å². The third kappa shape index (κ3) is 3.57. The first-order chi connectivity index (χ1) is 14.8. The van der Waals surface area contributed by atoms with Gasteiger partial charge in [-0.1, -0.05) is 0 Å². The Morgan fingerprint density at radius 3 is 2.42 bits per heavy atom. The molecule has 2 aromatic heterocycles. The van der Waals surface area contributed by atoms with Gasteiger partial charge in [-0.05, 0) is 81.8 Å². The molecule has 2 aliphatic rings. The number of aromatic nitrogens is 4. The number of H-pyrrole nitrogens is 1. The van der Waals surface area contributed by atoms with E-state index in [9.17, 15) is 5.11 Å². The lowest BCUT2D eigenvalue weighted by molar-refractivity contribution is 0.207. The number of rotatable bonds is 4. The van der Waals surface area contributed by atoms with Crippen molar-refractivity contribution in [3.05, 3.63) is 42.2 Å². The fraction of sp³-hybridized carbons (Fsp3) is 0.458. The van der Waals surface area contributed by atoms with E-state index in [1.165, 1.54) is 12.8 Å². The summed E-state index contributed by atoms with van der Waals surface area (Å²) in [6, 6.07) is 8.11. The summed E-state index contributed by atoms with van der Waals surface area (Å²) in [5.41, 5.74) is 4.71. The molecule has 4 heterocycles. The van der Waals surface area contributed by atoms with Crippen molar-refractivity contribution in [2.24, 2.45) is 0 Å². The molecule has 162 valence electrons. The molecule has 0 saturated carbocycles. The van der Waals surface area contributed by atoms with Crippen molar-refractivity contribution in [2.45, 2.75) is 63.6 Å². The van der Waals surface area contributed by atoms with E-state index in [4.69, 9.17) is 0 Å². The van der Waals surface area contributed by atoms with Gasteiger partial charge >= 0.3 is 0 Å². The maximum Gasteiger partial charge on any atom is 0.151 e. The zero-order valence-electron chi connectivity index (χ0n) is 18.6. The average molecular weight is 419 g/mol. The molecular weight excluding hydrogens is 388 g/mol. The van der Waals surface area contributed by atoms with Gasteiger partial charge in [-0.25, -0.2) is 0 Å². The van der Waals surface area contributed by atoms with Crippen LogP contribution in [-0.2, 0) is 0 Å². The lowest BCUT2D eigenvalue weighted by Crippen LogP contribution is -2.58. The first-order valence-electron chi connectivity index (χ1n) is 10.9. The number of nitrogens with zero attached hydrogens (tertiary/aromatic N) is 4. The first kappa shape index (κ1) is 20.0.